The highest BCUT2D eigenvalue weighted by molar-refractivity contribution is 5.95. The van der Waals surface area contributed by atoms with Crippen LogP contribution < -0.4 is 5.73 Å². The number of amides is 1. The summed E-state index contributed by atoms with van der Waals surface area (Å²) in [7, 11) is 2.13. The molecular weight excluding hydrogens is 392 g/mol. The summed E-state index contributed by atoms with van der Waals surface area (Å²) in [4.78, 5) is 27.4. The molecule has 8 heteroatoms. The Morgan fingerprint density at radius 3 is 2.48 bits per heavy atom. The fourth-order valence-corrected chi connectivity index (χ4v) is 3.66. The second-order valence-electron chi connectivity index (χ2n) is 7.27. The largest absolute Gasteiger partial charge is 0.393 e. The number of anilines is 1. The molecule has 1 aliphatic heterocycles. The van der Waals surface area contributed by atoms with E-state index >= 15 is 0 Å². The van der Waals surface area contributed by atoms with Crippen molar-refractivity contribution in [3.63, 3.8) is 0 Å². The van der Waals surface area contributed by atoms with E-state index in [1.807, 2.05) is 6.07 Å². The average Bonchev–Trinajstić information content (AvgIpc) is 2.72. The monoisotopic (exact) mass is 418 g/mol. The van der Waals surface area contributed by atoms with Crippen LogP contribution in [0, 0.1) is 10.1 Å². The molecule has 1 amide bonds. The maximum Gasteiger partial charge on any atom is 0.292 e. The van der Waals surface area contributed by atoms with Crippen LogP contribution in [0.5, 0.6) is 0 Å². The maximum absolute atomic E-state index is 12.7. The van der Waals surface area contributed by atoms with E-state index < -0.39 is 4.92 Å². The van der Waals surface area contributed by atoms with Gasteiger partial charge in [0.25, 0.3) is 11.6 Å². The normalized spacial score (nSPS) is 14.5. The number of carbonyl (C=O) groups is 1. The highest BCUT2D eigenvalue weighted by Gasteiger charge is 2.27. The third kappa shape index (κ3) is 5.68. The number of hydrogen-bond donors (Lipinski definition) is 1. The van der Waals surface area contributed by atoms with E-state index in [0.717, 1.165) is 25.8 Å². The first-order valence-corrected chi connectivity index (χ1v) is 9.53. The topological polar surface area (TPSA) is 92.7 Å². The third-order valence-corrected chi connectivity index (χ3v) is 5.45. The number of hydrogen-bond acceptors (Lipinski definition) is 5. The number of piperidine rings is 1. The van der Waals surface area contributed by atoms with E-state index in [0.29, 0.717) is 24.7 Å². The van der Waals surface area contributed by atoms with Crippen LogP contribution in [0.15, 0.2) is 48.5 Å². The van der Waals surface area contributed by atoms with Crippen molar-refractivity contribution in [2.24, 2.45) is 0 Å². The van der Waals surface area contributed by atoms with Gasteiger partial charge in [-0.25, -0.2) is 0 Å². The SMILES string of the molecule is CN(CCc1ccccc1)C1CCN(C(=O)c2ccc(N)c([N+](=O)[O-])c2)CC1.Cl. The molecule has 0 spiro atoms. The summed E-state index contributed by atoms with van der Waals surface area (Å²) in [5.74, 6) is -0.173. The van der Waals surface area contributed by atoms with Gasteiger partial charge in [0.15, 0.2) is 0 Å². The van der Waals surface area contributed by atoms with E-state index in [9.17, 15) is 14.9 Å². The minimum absolute atomic E-state index is 0. The lowest BCUT2D eigenvalue weighted by Crippen LogP contribution is -2.46. The van der Waals surface area contributed by atoms with Crippen LogP contribution in [0.1, 0.15) is 28.8 Å². The fourth-order valence-electron chi connectivity index (χ4n) is 3.66. The van der Waals surface area contributed by atoms with E-state index in [1.165, 1.54) is 17.7 Å². The zero-order valence-corrected chi connectivity index (χ0v) is 17.3. The molecule has 1 saturated heterocycles. The van der Waals surface area contributed by atoms with Gasteiger partial charge in [0, 0.05) is 37.3 Å². The molecule has 0 unspecified atom stereocenters. The minimum Gasteiger partial charge on any atom is -0.393 e. The van der Waals surface area contributed by atoms with Crippen LogP contribution in [0.3, 0.4) is 0 Å². The molecule has 1 aliphatic rings. The summed E-state index contributed by atoms with van der Waals surface area (Å²) < 4.78 is 0. The van der Waals surface area contributed by atoms with Crippen molar-refractivity contribution in [2.75, 3.05) is 32.4 Å². The summed E-state index contributed by atoms with van der Waals surface area (Å²) in [6.07, 6.45) is 2.80. The lowest BCUT2D eigenvalue weighted by atomic mass is 10.0. The second kappa shape index (κ2) is 10.2. The van der Waals surface area contributed by atoms with E-state index in [1.54, 1.807) is 11.0 Å². The number of nitro groups is 1. The van der Waals surface area contributed by atoms with Crippen molar-refractivity contribution < 1.29 is 9.72 Å². The van der Waals surface area contributed by atoms with Crippen molar-refractivity contribution in [1.29, 1.82) is 0 Å². The van der Waals surface area contributed by atoms with Gasteiger partial charge in [0.05, 0.1) is 4.92 Å². The molecule has 1 heterocycles. The number of nitro benzene ring substituents is 1. The van der Waals surface area contributed by atoms with Crippen molar-refractivity contribution in [3.05, 3.63) is 69.8 Å². The number of benzene rings is 2. The number of nitrogen functional groups attached to an aromatic ring is 1. The minimum atomic E-state index is -0.556. The molecule has 156 valence electrons. The molecule has 0 aliphatic carbocycles. The van der Waals surface area contributed by atoms with Crippen molar-refractivity contribution in [3.8, 4) is 0 Å². The van der Waals surface area contributed by atoms with Gasteiger partial charge in [-0.2, -0.15) is 0 Å². The zero-order valence-electron chi connectivity index (χ0n) is 16.5. The number of nitrogens with zero attached hydrogens (tertiary/aromatic N) is 3. The Kier molecular flexibility index (Phi) is 7.99. The van der Waals surface area contributed by atoms with E-state index in [2.05, 4.69) is 36.2 Å². The van der Waals surface area contributed by atoms with Gasteiger partial charge in [-0.15, -0.1) is 12.4 Å². The molecule has 29 heavy (non-hydrogen) atoms. The molecule has 2 N–H and O–H groups in total. The Hall–Kier alpha value is -2.64. The standard InChI is InChI=1S/C21H26N4O3.ClH/c1-23(12-9-16-5-3-2-4-6-16)18-10-13-24(14-11-18)21(26)17-7-8-19(22)20(15-17)25(27)28;/h2-8,15,18H,9-14,22H2,1H3;1H. The maximum atomic E-state index is 12.7. The summed E-state index contributed by atoms with van der Waals surface area (Å²) >= 11 is 0. The van der Waals surface area contributed by atoms with Gasteiger partial charge in [-0.3, -0.25) is 14.9 Å². The lowest BCUT2D eigenvalue weighted by molar-refractivity contribution is -0.383. The third-order valence-electron chi connectivity index (χ3n) is 5.45. The van der Waals surface area contributed by atoms with Crippen LogP contribution in [-0.4, -0.2) is 53.4 Å². The first-order valence-electron chi connectivity index (χ1n) is 9.53. The summed E-state index contributed by atoms with van der Waals surface area (Å²) in [5, 5.41) is 11.0. The van der Waals surface area contributed by atoms with E-state index in [-0.39, 0.29) is 29.7 Å². The summed E-state index contributed by atoms with van der Waals surface area (Å²) in [6, 6.07) is 15.1. The van der Waals surface area contributed by atoms with E-state index in [4.69, 9.17) is 5.73 Å². The lowest BCUT2D eigenvalue weighted by Gasteiger charge is -2.37. The molecule has 0 aromatic heterocycles. The van der Waals surface area contributed by atoms with Crippen LogP contribution in [0.25, 0.3) is 0 Å². The Morgan fingerprint density at radius 1 is 1.21 bits per heavy atom. The molecular formula is C21H27ClN4O3. The molecule has 0 atom stereocenters. The molecule has 0 bridgehead atoms. The number of likely N-dealkylation sites (tertiary alicyclic amines) is 1. The highest BCUT2D eigenvalue weighted by atomic mass is 35.5. The van der Waals surface area contributed by atoms with Gasteiger partial charge >= 0.3 is 0 Å². The van der Waals surface area contributed by atoms with Crippen molar-refractivity contribution >= 4 is 29.7 Å². The molecule has 2 aromatic rings. The molecule has 0 saturated carbocycles. The molecule has 0 radical (unpaired) electrons. The summed E-state index contributed by atoms with van der Waals surface area (Å²) in [5.41, 5.74) is 7.11. The fraction of sp³-hybridized carbons (Fsp3) is 0.381. The van der Waals surface area contributed by atoms with Gasteiger partial charge in [-0.05, 0) is 44.0 Å². The Labute approximate surface area is 177 Å². The summed E-state index contributed by atoms with van der Waals surface area (Å²) in [6.45, 7) is 2.28. The van der Waals surface area contributed by atoms with Crippen molar-refractivity contribution in [1.82, 2.24) is 9.80 Å². The second-order valence-corrected chi connectivity index (χ2v) is 7.27. The molecule has 2 aromatic carbocycles. The number of nitrogens with two attached hydrogens (primary N) is 1. The molecule has 7 nitrogen and oxygen atoms in total. The number of carbonyl (C=O) groups excluding carboxylic acids is 1. The van der Waals surface area contributed by atoms with Crippen LogP contribution in [0.2, 0.25) is 0 Å². The van der Waals surface area contributed by atoms with Gasteiger partial charge in [0.1, 0.15) is 5.69 Å². The number of halogens is 1. The predicted molar refractivity (Wildman–Crippen MR) is 116 cm³/mol. The van der Waals surface area contributed by atoms with Gasteiger partial charge in [-0.1, -0.05) is 30.3 Å². The van der Waals surface area contributed by atoms with Crippen LogP contribution in [0.4, 0.5) is 11.4 Å². The predicted octanol–water partition coefficient (Wildman–Crippen LogP) is 3.38. The first-order chi connectivity index (χ1) is 13.5. The van der Waals surface area contributed by atoms with Crippen molar-refractivity contribution in [2.45, 2.75) is 25.3 Å². The number of likely N-dealkylation sites (N-methyl/N-ethyl adjacent to an activating group) is 1. The molecule has 3 rings (SSSR count). The highest BCUT2D eigenvalue weighted by Crippen LogP contribution is 2.24. The zero-order chi connectivity index (χ0) is 20.1. The smallest absolute Gasteiger partial charge is 0.292 e. The molecule has 1 fully saturated rings. The van der Waals surface area contributed by atoms with Gasteiger partial charge < -0.3 is 15.5 Å². The quantitative estimate of drug-likeness (QED) is 0.441. The van der Waals surface area contributed by atoms with Crippen LogP contribution >= 0.6 is 12.4 Å². The Morgan fingerprint density at radius 2 is 1.86 bits per heavy atom. The van der Waals surface area contributed by atoms with Crippen LogP contribution in [-0.2, 0) is 6.42 Å². The average molecular weight is 419 g/mol. The Balaban J connectivity index is 0.00000300. The first kappa shape index (κ1) is 22.6. The number of rotatable bonds is 6. The Bertz CT molecular complexity index is 839. The van der Waals surface area contributed by atoms with Gasteiger partial charge in [0.2, 0.25) is 0 Å².